The largest absolute Gasteiger partial charge is 0.480 e. The summed E-state index contributed by atoms with van der Waals surface area (Å²) in [6.45, 7) is 1.34. The summed E-state index contributed by atoms with van der Waals surface area (Å²) in [5.41, 5.74) is 6.14. The zero-order chi connectivity index (χ0) is 35.5. The number of anilines is 1. The van der Waals surface area contributed by atoms with E-state index in [1.807, 2.05) is 9.80 Å². The molecule has 2 bridgehead atoms. The quantitative estimate of drug-likeness (QED) is 0.0630. The molecule has 268 valence electrons. The summed E-state index contributed by atoms with van der Waals surface area (Å²) < 4.78 is 5.44. The molecular formula is C29H43BN8O11. The highest BCUT2D eigenvalue weighted by Gasteiger charge is 2.37. The Labute approximate surface area is 282 Å². The van der Waals surface area contributed by atoms with Crippen molar-refractivity contribution in [2.75, 3.05) is 90.5 Å². The minimum atomic E-state index is -1.64. The van der Waals surface area contributed by atoms with Gasteiger partial charge in [-0.25, -0.2) is 0 Å². The second-order valence-corrected chi connectivity index (χ2v) is 12.1. The van der Waals surface area contributed by atoms with E-state index in [4.69, 9.17) is 4.74 Å². The molecule has 3 aliphatic heterocycles. The molecule has 49 heavy (non-hydrogen) atoms. The number of hydrogen-bond acceptors (Lipinski definition) is 14. The zero-order valence-corrected chi connectivity index (χ0v) is 27.0. The lowest BCUT2D eigenvalue weighted by Gasteiger charge is -2.40. The van der Waals surface area contributed by atoms with E-state index in [1.54, 1.807) is 17.0 Å². The van der Waals surface area contributed by atoms with Gasteiger partial charge >= 0.3 is 25.0 Å². The average molecular weight is 691 g/mol. The molecular weight excluding hydrogens is 647 g/mol. The normalized spacial score (nSPS) is 22.6. The Morgan fingerprint density at radius 1 is 0.857 bits per heavy atom. The number of benzene rings is 1. The van der Waals surface area contributed by atoms with Crippen LogP contribution >= 0.6 is 0 Å². The van der Waals surface area contributed by atoms with E-state index in [9.17, 15) is 49.0 Å². The first-order chi connectivity index (χ1) is 23.4. The number of ether oxygens (including phenoxy) is 1. The van der Waals surface area contributed by atoms with Crippen LogP contribution in [0.5, 0.6) is 0 Å². The molecule has 0 spiro atoms. The first-order valence-electron chi connectivity index (χ1n) is 16.0. The van der Waals surface area contributed by atoms with Crippen molar-refractivity contribution in [1.82, 2.24) is 35.2 Å². The third-order valence-electron chi connectivity index (χ3n) is 8.53. The molecule has 3 amide bonds. The van der Waals surface area contributed by atoms with Crippen LogP contribution in [0.3, 0.4) is 0 Å². The topological polar surface area (TPSA) is 245 Å². The third kappa shape index (κ3) is 11.6. The predicted molar refractivity (Wildman–Crippen MR) is 172 cm³/mol. The summed E-state index contributed by atoms with van der Waals surface area (Å²) >= 11 is 0. The van der Waals surface area contributed by atoms with Crippen LogP contribution in [-0.2, 0) is 28.7 Å². The van der Waals surface area contributed by atoms with Crippen molar-refractivity contribution in [2.24, 2.45) is 0 Å². The summed E-state index contributed by atoms with van der Waals surface area (Å²) in [4.78, 5) is 81.5. The number of esters is 1. The molecule has 3 saturated heterocycles. The Balaban J connectivity index is 1.29. The fourth-order valence-electron chi connectivity index (χ4n) is 5.98. The Kier molecular flexibility index (Phi) is 13.7. The van der Waals surface area contributed by atoms with Gasteiger partial charge in [0, 0.05) is 51.4 Å². The Hall–Kier alpha value is -4.34. The molecule has 0 radical (unpaired) electrons. The number of hydrogen-bond donors (Lipinski definition) is 7. The average Bonchev–Trinajstić information content (AvgIpc) is 3.55. The van der Waals surface area contributed by atoms with E-state index in [0.717, 1.165) is 0 Å². The maximum absolute atomic E-state index is 12.9. The SMILES string of the molecule is O=C(O)CN1CCN(CC(=O)NNc2ccc(C(=O)NCC(=O)N3CCC[C@H]3B(O)O)cc2)CCN2CC(=O)OC(C2)N(CC(=O)O)CC1. The maximum Gasteiger partial charge on any atom is 0.475 e. The molecule has 3 heterocycles. The number of nitrogens with zero attached hydrogens (tertiary/aromatic N) is 5. The number of carbonyl (C=O) groups is 6. The lowest BCUT2D eigenvalue weighted by atomic mass is 9.78. The lowest BCUT2D eigenvalue weighted by Crippen LogP contribution is -2.57. The molecule has 3 fully saturated rings. The fourth-order valence-corrected chi connectivity index (χ4v) is 5.98. The number of morpholine rings is 1. The standard InChI is InChI=1S/C29H43BN8O11/c39-23(33-32-21-5-3-20(4-6-21)29(46)31-14-24(40)38-7-1-2-22(38)30(47)48)15-34-8-9-35(17-26(41)42)12-13-37(18-27(43)44)25-16-36(11-10-34)19-28(45)49-25/h3-6,22,25,32,47-48H,1-2,7-19H2,(H,31,46)(H,33,39)(H,41,42)(H,43,44)/t22-,25?/m0/s1. The van der Waals surface area contributed by atoms with Crippen LogP contribution in [0.2, 0.25) is 0 Å². The van der Waals surface area contributed by atoms with Crippen LogP contribution in [-0.4, -0.2) is 185 Å². The zero-order valence-electron chi connectivity index (χ0n) is 27.0. The fraction of sp³-hybridized carbons (Fsp3) is 0.586. The minimum absolute atomic E-state index is 0.0151. The summed E-state index contributed by atoms with van der Waals surface area (Å²) in [5, 5.41) is 40.3. The molecule has 7 N–H and O–H groups in total. The van der Waals surface area contributed by atoms with Crippen molar-refractivity contribution in [3.63, 3.8) is 0 Å². The van der Waals surface area contributed by atoms with Crippen LogP contribution in [0.15, 0.2) is 24.3 Å². The van der Waals surface area contributed by atoms with Gasteiger partial charge in [-0.1, -0.05) is 0 Å². The number of aliphatic carboxylic acids is 2. The van der Waals surface area contributed by atoms with Crippen LogP contribution in [0.4, 0.5) is 5.69 Å². The van der Waals surface area contributed by atoms with Crippen molar-refractivity contribution < 1.29 is 53.8 Å². The van der Waals surface area contributed by atoms with Crippen molar-refractivity contribution in [2.45, 2.75) is 25.0 Å². The summed E-state index contributed by atoms with van der Waals surface area (Å²) in [6.07, 6.45) is 0.303. The van der Waals surface area contributed by atoms with Gasteiger partial charge in [0.1, 0.15) is 0 Å². The predicted octanol–water partition coefficient (Wildman–Crippen LogP) is -3.86. The number of amides is 3. The second kappa shape index (κ2) is 17.9. The number of carboxylic acid groups (broad SMARTS) is 2. The third-order valence-corrected chi connectivity index (χ3v) is 8.53. The molecule has 1 aromatic carbocycles. The van der Waals surface area contributed by atoms with Gasteiger partial charge in [0.05, 0.1) is 50.9 Å². The van der Waals surface area contributed by atoms with E-state index in [2.05, 4.69) is 16.2 Å². The number of fused-ring (bicyclic) bond motifs is 2. The van der Waals surface area contributed by atoms with Gasteiger partial charge in [-0.15, -0.1) is 0 Å². The van der Waals surface area contributed by atoms with Crippen LogP contribution in [0.25, 0.3) is 0 Å². The Bertz CT molecular complexity index is 1350. The number of nitrogens with one attached hydrogen (secondary N) is 3. The molecule has 20 heteroatoms. The molecule has 0 aliphatic carbocycles. The molecule has 4 rings (SSSR count). The van der Waals surface area contributed by atoms with E-state index in [1.165, 1.54) is 21.9 Å². The van der Waals surface area contributed by atoms with Gasteiger partial charge in [-0.2, -0.15) is 0 Å². The number of carbonyl (C=O) groups excluding carboxylic acids is 4. The molecule has 0 aromatic heterocycles. The molecule has 2 unspecified atom stereocenters. The smallest absolute Gasteiger partial charge is 0.475 e. The van der Waals surface area contributed by atoms with Gasteiger partial charge < -0.3 is 35.2 Å². The maximum atomic E-state index is 12.9. The number of hydrazine groups is 1. The Morgan fingerprint density at radius 3 is 2.18 bits per heavy atom. The van der Waals surface area contributed by atoms with Gasteiger partial charge in [-0.3, -0.25) is 59.2 Å². The number of carboxylic acids is 2. The van der Waals surface area contributed by atoms with E-state index in [0.29, 0.717) is 44.7 Å². The van der Waals surface area contributed by atoms with Gasteiger partial charge in [0.15, 0.2) is 6.23 Å². The van der Waals surface area contributed by atoms with Crippen molar-refractivity contribution in [3.05, 3.63) is 29.8 Å². The first kappa shape index (κ1) is 37.5. The monoisotopic (exact) mass is 690 g/mol. The van der Waals surface area contributed by atoms with E-state index >= 15 is 0 Å². The van der Waals surface area contributed by atoms with Crippen molar-refractivity contribution in [1.29, 1.82) is 0 Å². The first-order valence-corrected chi connectivity index (χ1v) is 16.0. The highest BCUT2D eigenvalue weighted by molar-refractivity contribution is 6.43. The van der Waals surface area contributed by atoms with Crippen LogP contribution in [0.1, 0.15) is 23.2 Å². The molecule has 3 atom stereocenters. The van der Waals surface area contributed by atoms with Crippen molar-refractivity contribution in [3.8, 4) is 0 Å². The summed E-state index contributed by atoms with van der Waals surface area (Å²) in [5.74, 6) is -4.66. The molecule has 0 saturated carbocycles. The van der Waals surface area contributed by atoms with Gasteiger partial charge in [0.2, 0.25) is 5.91 Å². The molecule has 19 nitrogen and oxygen atoms in total. The highest BCUT2D eigenvalue weighted by atomic mass is 16.6. The van der Waals surface area contributed by atoms with Crippen LogP contribution in [0, 0.1) is 0 Å². The second-order valence-electron chi connectivity index (χ2n) is 12.1. The van der Waals surface area contributed by atoms with E-state index in [-0.39, 0.29) is 64.5 Å². The van der Waals surface area contributed by atoms with Gasteiger partial charge in [0.25, 0.3) is 11.8 Å². The Morgan fingerprint density at radius 2 is 1.51 bits per heavy atom. The number of rotatable bonds is 12. The summed E-state index contributed by atoms with van der Waals surface area (Å²) in [6, 6.07) is 6.14. The van der Waals surface area contributed by atoms with Gasteiger partial charge in [-0.05, 0) is 37.1 Å². The molecule has 3 aliphatic rings. The summed E-state index contributed by atoms with van der Waals surface area (Å²) in [7, 11) is -1.64. The van der Waals surface area contributed by atoms with Crippen LogP contribution < -0.4 is 16.2 Å². The van der Waals surface area contributed by atoms with E-state index < -0.39 is 54.9 Å². The minimum Gasteiger partial charge on any atom is -0.480 e. The van der Waals surface area contributed by atoms with Crippen molar-refractivity contribution >= 4 is 48.4 Å². The molecule has 1 aromatic rings. The highest BCUT2D eigenvalue weighted by Crippen LogP contribution is 2.18. The lowest BCUT2D eigenvalue weighted by molar-refractivity contribution is -0.176. The number of likely N-dealkylation sites (tertiary alicyclic amines) is 1.